The lowest BCUT2D eigenvalue weighted by Crippen LogP contribution is -2.15. The number of nitrogens with zero attached hydrogens (tertiary/aromatic N) is 2. The Kier molecular flexibility index (Phi) is 5.02. The second-order valence-corrected chi connectivity index (χ2v) is 5.86. The van der Waals surface area contributed by atoms with E-state index in [0.29, 0.717) is 24.1 Å². The molecule has 0 amide bonds. The van der Waals surface area contributed by atoms with Crippen LogP contribution in [0.1, 0.15) is 6.42 Å². The molecule has 6 heteroatoms. The Morgan fingerprint density at radius 1 is 1.17 bits per heavy atom. The fraction of sp³-hybridized carbons (Fsp3) is 0.278. The van der Waals surface area contributed by atoms with Gasteiger partial charge >= 0.3 is 0 Å². The number of hydrogen-bond acceptors (Lipinski definition) is 3. The van der Waals surface area contributed by atoms with Crippen molar-refractivity contribution in [2.75, 3.05) is 19.7 Å². The maximum atomic E-state index is 14.1. The summed E-state index contributed by atoms with van der Waals surface area (Å²) in [6, 6.07) is 14.4. The maximum absolute atomic E-state index is 14.1. The van der Waals surface area contributed by atoms with Crippen LogP contribution in [-0.2, 0) is 0 Å². The van der Waals surface area contributed by atoms with Gasteiger partial charge in [-0.3, -0.25) is 0 Å². The van der Waals surface area contributed by atoms with Crippen LogP contribution in [0.3, 0.4) is 0 Å². The molecule has 4 nitrogen and oxygen atoms in total. The standard InChI is InChI=1S/C18H18FN3O.ClH/c19-15-6-2-4-8-17(15)22-16-7-3-1-5-14(16)18(21-22)23-12-13-9-10-20-11-13;/h1-8,13,20H,9-12H2;1H. The minimum absolute atomic E-state index is 0. The highest BCUT2D eigenvalue weighted by Gasteiger charge is 2.18. The molecule has 2 heterocycles. The van der Waals surface area contributed by atoms with E-state index in [-0.39, 0.29) is 18.2 Å². The monoisotopic (exact) mass is 347 g/mol. The van der Waals surface area contributed by atoms with Crippen molar-refractivity contribution in [3.8, 4) is 11.6 Å². The summed E-state index contributed by atoms with van der Waals surface area (Å²) in [4.78, 5) is 0. The molecule has 2 aromatic carbocycles. The van der Waals surface area contributed by atoms with Gasteiger partial charge in [-0.15, -0.1) is 17.5 Å². The first-order valence-electron chi connectivity index (χ1n) is 7.89. The highest BCUT2D eigenvalue weighted by molar-refractivity contribution is 5.86. The minimum atomic E-state index is -0.299. The molecule has 3 aromatic rings. The fourth-order valence-corrected chi connectivity index (χ4v) is 3.00. The van der Waals surface area contributed by atoms with E-state index in [1.54, 1.807) is 22.9 Å². The largest absolute Gasteiger partial charge is 0.476 e. The van der Waals surface area contributed by atoms with E-state index in [0.717, 1.165) is 30.4 Å². The molecule has 1 aromatic heterocycles. The Hall–Kier alpha value is -2.11. The van der Waals surface area contributed by atoms with Crippen LogP contribution < -0.4 is 10.1 Å². The van der Waals surface area contributed by atoms with Gasteiger partial charge in [-0.1, -0.05) is 24.3 Å². The van der Waals surface area contributed by atoms with Crippen molar-refractivity contribution < 1.29 is 9.13 Å². The van der Waals surface area contributed by atoms with Crippen LogP contribution in [0.4, 0.5) is 4.39 Å². The SMILES string of the molecule is Cl.Fc1ccccc1-n1nc(OCC2CCNC2)c2ccccc21. The van der Waals surface area contributed by atoms with E-state index in [4.69, 9.17) is 4.74 Å². The van der Waals surface area contributed by atoms with Crippen molar-refractivity contribution in [2.24, 2.45) is 5.92 Å². The van der Waals surface area contributed by atoms with Gasteiger partial charge in [0.15, 0.2) is 0 Å². The van der Waals surface area contributed by atoms with Crippen LogP contribution in [0, 0.1) is 11.7 Å². The quantitative estimate of drug-likeness (QED) is 0.784. The number of ether oxygens (including phenoxy) is 1. The summed E-state index contributed by atoms with van der Waals surface area (Å²) in [5.74, 6) is 0.774. The van der Waals surface area contributed by atoms with Gasteiger partial charge in [0.25, 0.3) is 0 Å². The first-order valence-corrected chi connectivity index (χ1v) is 7.89. The van der Waals surface area contributed by atoms with Crippen molar-refractivity contribution in [3.05, 3.63) is 54.3 Å². The lowest BCUT2D eigenvalue weighted by atomic mass is 10.1. The minimum Gasteiger partial charge on any atom is -0.476 e. The zero-order valence-electron chi connectivity index (χ0n) is 13.1. The van der Waals surface area contributed by atoms with Crippen LogP contribution in [0.2, 0.25) is 0 Å². The summed E-state index contributed by atoms with van der Waals surface area (Å²) >= 11 is 0. The van der Waals surface area contributed by atoms with Crippen LogP contribution in [0.15, 0.2) is 48.5 Å². The van der Waals surface area contributed by atoms with Crippen LogP contribution in [-0.4, -0.2) is 29.5 Å². The van der Waals surface area contributed by atoms with Crippen LogP contribution in [0.25, 0.3) is 16.6 Å². The molecule has 0 radical (unpaired) electrons. The van der Waals surface area contributed by atoms with Gasteiger partial charge in [0.2, 0.25) is 5.88 Å². The molecule has 0 spiro atoms. The van der Waals surface area contributed by atoms with E-state index in [2.05, 4.69) is 10.4 Å². The molecule has 126 valence electrons. The third-order valence-electron chi connectivity index (χ3n) is 4.25. The molecule has 0 saturated carbocycles. The summed E-state index contributed by atoms with van der Waals surface area (Å²) in [5, 5.41) is 8.75. The van der Waals surface area contributed by atoms with E-state index in [9.17, 15) is 4.39 Å². The number of benzene rings is 2. The van der Waals surface area contributed by atoms with Gasteiger partial charge in [0.1, 0.15) is 11.5 Å². The van der Waals surface area contributed by atoms with Crippen molar-refractivity contribution >= 4 is 23.3 Å². The lowest BCUT2D eigenvalue weighted by Gasteiger charge is -2.08. The van der Waals surface area contributed by atoms with Gasteiger partial charge in [-0.05, 0) is 37.2 Å². The predicted octanol–water partition coefficient (Wildman–Crippen LogP) is 3.57. The molecule has 1 aliphatic heterocycles. The number of halogens is 2. The Balaban J connectivity index is 0.00000169. The van der Waals surface area contributed by atoms with E-state index < -0.39 is 0 Å². The zero-order valence-corrected chi connectivity index (χ0v) is 13.9. The van der Waals surface area contributed by atoms with Crippen molar-refractivity contribution in [2.45, 2.75) is 6.42 Å². The van der Waals surface area contributed by atoms with Crippen LogP contribution >= 0.6 is 12.4 Å². The van der Waals surface area contributed by atoms with Crippen molar-refractivity contribution in [1.82, 2.24) is 15.1 Å². The van der Waals surface area contributed by atoms with Crippen molar-refractivity contribution in [1.29, 1.82) is 0 Å². The average molecular weight is 348 g/mol. The van der Waals surface area contributed by atoms with Crippen LogP contribution in [0.5, 0.6) is 5.88 Å². The molecular formula is C18H19ClFN3O. The highest BCUT2D eigenvalue weighted by atomic mass is 35.5. The number of nitrogens with one attached hydrogen (secondary N) is 1. The topological polar surface area (TPSA) is 39.1 Å². The van der Waals surface area contributed by atoms with Crippen molar-refractivity contribution in [3.63, 3.8) is 0 Å². The van der Waals surface area contributed by atoms with E-state index in [1.165, 1.54) is 6.07 Å². The summed E-state index contributed by atoms with van der Waals surface area (Å²) in [7, 11) is 0. The predicted molar refractivity (Wildman–Crippen MR) is 94.7 cm³/mol. The number of aromatic nitrogens is 2. The second-order valence-electron chi connectivity index (χ2n) is 5.86. The summed E-state index contributed by atoms with van der Waals surface area (Å²) in [5.41, 5.74) is 1.28. The molecule has 1 aliphatic rings. The number of rotatable bonds is 4. The van der Waals surface area contributed by atoms with Gasteiger partial charge in [-0.25, -0.2) is 9.07 Å². The van der Waals surface area contributed by atoms with Gasteiger partial charge in [0.05, 0.1) is 17.5 Å². The Morgan fingerprint density at radius 3 is 2.75 bits per heavy atom. The molecule has 1 N–H and O–H groups in total. The van der Waals surface area contributed by atoms with E-state index in [1.807, 2.05) is 24.3 Å². The summed E-state index contributed by atoms with van der Waals surface area (Å²) < 4.78 is 21.7. The first kappa shape index (κ1) is 16.7. The number of fused-ring (bicyclic) bond motifs is 1. The van der Waals surface area contributed by atoms with E-state index >= 15 is 0 Å². The normalized spacial score (nSPS) is 17.0. The fourth-order valence-electron chi connectivity index (χ4n) is 3.00. The first-order chi connectivity index (χ1) is 11.3. The average Bonchev–Trinajstić information content (AvgIpc) is 3.21. The smallest absolute Gasteiger partial charge is 0.241 e. The molecular weight excluding hydrogens is 329 g/mol. The Morgan fingerprint density at radius 2 is 1.96 bits per heavy atom. The third kappa shape index (κ3) is 3.09. The van der Waals surface area contributed by atoms with Gasteiger partial charge in [0, 0.05) is 12.5 Å². The molecule has 0 bridgehead atoms. The Bertz CT molecular complexity index is 830. The zero-order chi connectivity index (χ0) is 15.6. The maximum Gasteiger partial charge on any atom is 0.241 e. The van der Waals surface area contributed by atoms with Gasteiger partial charge < -0.3 is 10.1 Å². The molecule has 1 atom stereocenters. The molecule has 24 heavy (non-hydrogen) atoms. The third-order valence-corrected chi connectivity index (χ3v) is 4.25. The number of para-hydroxylation sites is 2. The second kappa shape index (κ2) is 7.20. The summed E-state index contributed by atoms with van der Waals surface area (Å²) in [6.07, 6.45) is 1.12. The highest BCUT2D eigenvalue weighted by Crippen LogP contribution is 2.28. The molecule has 1 unspecified atom stereocenters. The Labute approximate surface area is 146 Å². The molecule has 0 aliphatic carbocycles. The summed E-state index contributed by atoms with van der Waals surface area (Å²) in [6.45, 7) is 2.65. The van der Waals surface area contributed by atoms with Gasteiger partial charge in [-0.2, -0.15) is 0 Å². The molecule has 1 saturated heterocycles. The molecule has 1 fully saturated rings. The molecule has 4 rings (SSSR count). The number of hydrogen-bond donors (Lipinski definition) is 1. The lowest BCUT2D eigenvalue weighted by molar-refractivity contribution is 0.252.